The van der Waals surface area contributed by atoms with Crippen LogP contribution >= 0.6 is 0 Å². The van der Waals surface area contributed by atoms with Crippen LogP contribution in [0.15, 0.2) is 54.4 Å². The zero-order valence-electron chi connectivity index (χ0n) is 8.80. The minimum Gasteiger partial charge on any atom is -0.264 e. The van der Waals surface area contributed by atoms with Crippen LogP contribution in [0.3, 0.4) is 0 Å². The van der Waals surface area contributed by atoms with Crippen LogP contribution in [-0.2, 0) is 0 Å². The maximum Gasteiger partial charge on any atom is 0.0340 e. The van der Waals surface area contributed by atoms with E-state index in [9.17, 15) is 0 Å². The normalized spacial score (nSPS) is 12.6. The molecule has 1 aromatic carbocycles. The van der Waals surface area contributed by atoms with E-state index < -0.39 is 0 Å². The maximum absolute atomic E-state index is 4.10. The van der Waals surface area contributed by atoms with Crippen LogP contribution in [0.25, 0.3) is 18.2 Å². The van der Waals surface area contributed by atoms with Crippen molar-refractivity contribution in [3.05, 3.63) is 70.4 Å². The fraction of sp³-hybridized carbons (Fsp3) is 0. The van der Waals surface area contributed by atoms with E-state index in [4.69, 9.17) is 0 Å². The molecule has 76 valence electrons. The Balaban J connectivity index is 2.08. The van der Waals surface area contributed by atoms with Gasteiger partial charge in [-0.15, -0.1) is 0 Å². The summed E-state index contributed by atoms with van der Waals surface area (Å²) in [6.07, 6.45) is 10.2. The van der Waals surface area contributed by atoms with E-state index in [0.29, 0.717) is 0 Å². The highest BCUT2D eigenvalue weighted by Crippen LogP contribution is 2.09. The Morgan fingerprint density at radius 2 is 1.62 bits per heavy atom. The number of fused-ring (bicyclic) bond motifs is 1. The summed E-state index contributed by atoms with van der Waals surface area (Å²) in [7, 11) is 0. The maximum atomic E-state index is 4.10. The van der Waals surface area contributed by atoms with Gasteiger partial charge >= 0.3 is 0 Å². The third-order valence-electron chi connectivity index (χ3n) is 2.66. The second-order valence-electron chi connectivity index (χ2n) is 3.85. The first-order chi connectivity index (χ1) is 7.92. The summed E-state index contributed by atoms with van der Waals surface area (Å²) in [6.45, 7) is 0. The smallest absolute Gasteiger partial charge is 0.0340 e. The van der Waals surface area contributed by atoms with Gasteiger partial charge in [-0.05, 0) is 45.9 Å². The number of pyridine rings is 1. The van der Waals surface area contributed by atoms with Gasteiger partial charge in [-0.3, -0.25) is 4.98 Å². The van der Waals surface area contributed by atoms with E-state index >= 15 is 0 Å². The van der Waals surface area contributed by atoms with Crippen LogP contribution < -0.4 is 10.4 Å². The van der Waals surface area contributed by atoms with Crippen molar-refractivity contribution >= 4 is 18.2 Å². The number of benzene rings is 1. The van der Waals surface area contributed by atoms with Crippen LogP contribution in [0.2, 0.25) is 0 Å². The van der Waals surface area contributed by atoms with Crippen molar-refractivity contribution in [1.29, 1.82) is 0 Å². The molecule has 0 amide bonds. The fourth-order valence-electron chi connectivity index (χ4n) is 1.91. The molecule has 1 heterocycles. The molecule has 0 spiro atoms. The second-order valence-corrected chi connectivity index (χ2v) is 3.85. The molecule has 0 N–H and O–H groups in total. The fourth-order valence-corrected chi connectivity index (χ4v) is 1.91. The van der Waals surface area contributed by atoms with E-state index in [2.05, 4.69) is 53.5 Å². The van der Waals surface area contributed by atoms with Gasteiger partial charge < -0.3 is 0 Å². The molecule has 0 atom stereocenters. The van der Waals surface area contributed by atoms with E-state index in [0.717, 1.165) is 5.56 Å². The first-order valence-electron chi connectivity index (χ1n) is 5.32. The lowest BCUT2D eigenvalue weighted by Crippen LogP contribution is -2.19. The number of hydrogen-bond acceptors (Lipinski definition) is 1. The number of aromatic nitrogens is 1. The van der Waals surface area contributed by atoms with Gasteiger partial charge in [0.15, 0.2) is 0 Å². The van der Waals surface area contributed by atoms with E-state index in [1.807, 2.05) is 12.3 Å². The average Bonchev–Trinajstić information content (AvgIpc) is 2.72. The molecule has 16 heavy (non-hydrogen) atoms. The summed E-state index contributed by atoms with van der Waals surface area (Å²) in [5.74, 6) is 0. The Labute approximate surface area is 94.1 Å². The van der Waals surface area contributed by atoms with Gasteiger partial charge in [0.05, 0.1) is 0 Å². The quantitative estimate of drug-likeness (QED) is 0.691. The molecule has 0 aliphatic heterocycles. The summed E-state index contributed by atoms with van der Waals surface area (Å²) in [6, 6.07) is 12.4. The Kier molecular flexibility index (Phi) is 2.15. The molecule has 3 rings (SSSR count). The molecule has 1 heteroatoms. The zero-order chi connectivity index (χ0) is 10.8. The average molecular weight is 205 g/mol. The molecule has 1 aromatic heterocycles. The molecule has 1 aliphatic carbocycles. The third kappa shape index (κ3) is 1.68. The lowest BCUT2D eigenvalue weighted by molar-refractivity contribution is 1.32. The molecule has 1 nitrogen and oxygen atoms in total. The van der Waals surface area contributed by atoms with Gasteiger partial charge in [0.2, 0.25) is 0 Å². The Morgan fingerprint density at radius 1 is 0.875 bits per heavy atom. The summed E-state index contributed by atoms with van der Waals surface area (Å²) in [4.78, 5) is 4.10. The summed E-state index contributed by atoms with van der Waals surface area (Å²) in [5.41, 5.74) is 2.37. The largest absolute Gasteiger partial charge is 0.264 e. The van der Waals surface area contributed by atoms with Crippen molar-refractivity contribution in [2.24, 2.45) is 0 Å². The molecular formula is C15H11N. The number of hydrogen-bond donors (Lipinski definition) is 0. The zero-order valence-corrected chi connectivity index (χ0v) is 8.80. The summed E-state index contributed by atoms with van der Waals surface area (Å²) in [5, 5.41) is 2.58. The molecule has 0 saturated carbocycles. The molecule has 0 saturated heterocycles. The number of allylic oxidation sites excluding steroid dienone is 1. The van der Waals surface area contributed by atoms with Crippen molar-refractivity contribution in [2.45, 2.75) is 0 Å². The summed E-state index contributed by atoms with van der Waals surface area (Å²) >= 11 is 0. The predicted octanol–water partition coefficient (Wildman–Crippen LogP) is 1.74. The topological polar surface area (TPSA) is 12.9 Å². The lowest BCUT2D eigenvalue weighted by atomic mass is 10.2. The van der Waals surface area contributed by atoms with Crippen molar-refractivity contribution in [3.8, 4) is 0 Å². The van der Waals surface area contributed by atoms with Crippen LogP contribution in [0.4, 0.5) is 0 Å². The van der Waals surface area contributed by atoms with Crippen LogP contribution in [0.5, 0.6) is 0 Å². The molecule has 0 unspecified atom stereocenters. The first kappa shape index (κ1) is 9.10. The Hall–Kier alpha value is -2.15. The summed E-state index contributed by atoms with van der Waals surface area (Å²) < 4.78 is 0. The van der Waals surface area contributed by atoms with Gasteiger partial charge in [-0.2, -0.15) is 0 Å². The van der Waals surface area contributed by atoms with Gasteiger partial charge in [0.25, 0.3) is 0 Å². The Morgan fingerprint density at radius 3 is 2.25 bits per heavy atom. The van der Waals surface area contributed by atoms with Crippen LogP contribution in [0.1, 0.15) is 5.56 Å². The van der Waals surface area contributed by atoms with Crippen molar-refractivity contribution in [2.75, 3.05) is 0 Å². The standard InChI is InChI=1S/C15H11N/c1-2-6-15-10-13(9-14(15)5-1)8-12-4-3-7-16-11-12/h1-11H. The number of rotatable bonds is 1. The van der Waals surface area contributed by atoms with Crippen molar-refractivity contribution in [3.63, 3.8) is 0 Å². The molecule has 1 aliphatic rings. The minimum absolute atomic E-state index is 1.14. The van der Waals surface area contributed by atoms with E-state index in [1.165, 1.54) is 16.0 Å². The SMILES string of the molecule is C(=C1C=c2ccccc2=C1)c1cccnc1. The van der Waals surface area contributed by atoms with Gasteiger partial charge in [0.1, 0.15) is 0 Å². The van der Waals surface area contributed by atoms with Crippen LogP contribution in [-0.4, -0.2) is 4.98 Å². The van der Waals surface area contributed by atoms with Crippen LogP contribution in [0, 0.1) is 0 Å². The third-order valence-corrected chi connectivity index (χ3v) is 2.66. The van der Waals surface area contributed by atoms with E-state index in [-0.39, 0.29) is 0 Å². The van der Waals surface area contributed by atoms with Gasteiger partial charge in [-0.1, -0.05) is 30.3 Å². The molecule has 0 radical (unpaired) electrons. The first-order valence-corrected chi connectivity index (χ1v) is 5.32. The molecular weight excluding hydrogens is 194 g/mol. The Bertz CT molecular complexity index is 614. The predicted molar refractivity (Wildman–Crippen MR) is 66.8 cm³/mol. The molecule has 2 aromatic rings. The lowest BCUT2D eigenvalue weighted by Gasteiger charge is -1.92. The monoisotopic (exact) mass is 205 g/mol. The van der Waals surface area contributed by atoms with Gasteiger partial charge in [0, 0.05) is 12.4 Å². The highest BCUT2D eigenvalue weighted by molar-refractivity contribution is 5.80. The van der Waals surface area contributed by atoms with Crippen molar-refractivity contribution < 1.29 is 0 Å². The highest BCUT2D eigenvalue weighted by Gasteiger charge is 1.97. The van der Waals surface area contributed by atoms with Gasteiger partial charge in [-0.25, -0.2) is 0 Å². The number of nitrogens with zero attached hydrogens (tertiary/aromatic N) is 1. The second kappa shape index (κ2) is 3.78. The minimum atomic E-state index is 1.14. The van der Waals surface area contributed by atoms with Crippen molar-refractivity contribution in [1.82, 2.24) is 4.98 Å². The highest BCUT2D eigenvalue weighted by atomic mass is 14.6. The van der Waals surface area contributed by atoms with E-state index in [1.54, 1.807) is 6.20 Å². The molecule has 0 fully saturated rings. The molecule has 0 bridgehead atoms.